The molecule has 0 aliphatic carbocycles. The lowest BCUT2D eigenvalue weighted by atomic mass is 10.2. The van der Waals surface area contributed by atoms with Crippen LogP contribution in [-0.4, -0.2) is 17.2 Å². The maximum Gasteiger partial charge on any atom is 0.215 e. The molecular formula is C10H10N2O2. The van der Waals surface area contributed by atoms with Gasteiger partial charge >= 0.3 is 0 Å². The van der Waals surface area contributed by atoms with Crippen molar-refractivity contribution in [2.45, 2.75) is 0 Å². The van der Waals surface area contributed by atoms with E-state index in [2.05, 4.69) is 4.98 Å². The van der Waals surface area contributed by atoms with Gasteiger partial charge in [0.1, 0.15) is 5.75 Å². The minimum absolute atomic E-state index is 0.0564. The molecule has 0 fully saturated rings. The third-order valence-electron chi connectivity index (χ3n) is 2.00. The summed E-state index contributed by atoms with van der Waals surface area (Å²) >= 11 is 0. The molecule has 0 saturated carbocycles. The average Bonchev–Trinajstić information content (AvgIpc) is 2.17. The first kappa shape index (κ1) is 8.62. The highest BCUT2D eigenvalue weighted by molar-refractivity contribution is 5.88. The van der Waals surface area contributed by atoms with Crippen LogP contribution in [0.25, 0.3) is 10.9 Å². The number of hydrogen-bond donors (Lipinski definition) is 2. The van der Waals surface area contributed by atoms with Crippen LogP contribution in [0.4, 0.5) is 5.69 Å². The first-order valence-electron chi connectivity index (χ1n) is 4.14. The summed E-state index contributed by atoms with van der Waals surface area (Å²) < 4.78 is 5.11. The summed E-state index contributed by atoms with van der Waals surface area (Å²) in [6.07, 6.45) is 0. The smallest absolute Gasteiger partial charge is 0.215 e. The highest BCUT2D eigenvalue weighted by Crippen LogP contribution is 2.28. The van der Waals surface area contributed by atoms with Crippen LogP contribution in [-0.2, 0) is 0 Å². The monoisotopic (exact) mass is 190 g/mol. The van der Waals surface area contributed by atoms with E-state index in [4.69, 9.17) is 10.5 Å². The number of nitrogens with zero attached hydrogens (tertiary/aromatic N) is 1. The zero-order chi connectivity index (χ0) is 10.1. The van der Waals surface area contributed by atoms with E-state index >= 15 is 0 Å². The molecular weight excluding hydrogens is 180 g/mol. The van der Waals surface area contributed by atoms with Gasteiger partial charge in [0.05, 0.1) is 12.6 Å². The fourth-order valence-electron chi connectivity index (χ4n) is 1.37. The van der Waals surface area contributed by atoms with E-state index in [-0.39, 0.29) is 5.88 Å². The molecule has 0 atom stereocenters. The number of pyridine rings is 1. The van der Waals surface area contributed by atoms with Crippen molar-refractivity contribution < 1.29 is 9.84 Å². The minimum atomic E-state index is -0.0564. The van der Waals surface area contributed by atoms with Gasteiger partial charge in [0.15, 0.2) is 0 Å². The van der Waals surface area contributed by atoms with Crippen LogP contribution < -0.4 is 10.5 Å². The Morgan fingerprint density at radius 3 is 2.86 bits per heavy atom. The summed E-state index contributed by atoms with van der Waals surface area (Å²) in [4.78, 5) is 3.95. The Hall–Kier alpha value is -1.97. The molecule has 1 aromatic carbocycles. The topological polar surface area (TPSA) is 68.4 Å². The van der Waals surface area contributed by atoms with Crippen molar-refractivity contribution in [3.8, 4) is 11.6 Å². The molecule has 72 valence electrons. The Labute approximate surface area is 80.9 Å². The second-order valence-corrected chi connectivity index (χ2v) is 2.96. The first-order chi connectivity index (χ1) is 6.70. The van der Waals surface area contributed by atoms with Crippen LogP contribution in [0, 0.1) is 0 Å². The fraction of sp³-hybridized carbons (Fsp3) is 0.100. The Morgan fingerprint density at radius 2 is 2.14 bits per heavy atom. The number of ether oxygens (including phenoxy) is 1. The number of benzene rings is 1. The van der Waals surface area contributed by atoms with Gasteiger partial charge in [0, 0.05) is 17.1 Å². The molecule has 3 N–H and O–H groups in total. The fourth-order valence-corrected chi connectivity index (χ4v) is 1.37. The average molecular weight is 190 g/mol. The van der Waals surface area contributed by atoms with E-state index in [1.807, 2.05) is 0 Å². The largest absolute Gasteiger partial charge is 0.496 e. The number of methoxy groups -OCH3 is 1. The van der Waals surface area contributed by atoms with E-state index in [0.717, 1.165) is 5.39 Å². The molecule has 4 heteroatoms. The van der Waals surface area contributed by atoms with Gasteiger partial charge in [-0.3, -0.25) is 0 Å². The Bertz CT molecular complexity index is 483. The van der Waals surface area contributed by atoms with Crippen LogP contribution in [0.1, 0.15) is 0 Å². The molecule has 0 radical (unpaired) electrons. The SMILES string of the molecule is COc1cc(O)nc2ccc(N)cc12. The van der Waals surface area contributed by atoms with Gasteiger partial charge in [-0.1, -0.05) is 0 Å². The number of nitrogens with two attached hydrogens (primary N) is 1. The van der Waals surface area contributed by atoms with E-state index < -0.39 is 0 Å². The number of nitrogen functional groups attached to an aromatic ring is 1. The van der Waals surface area contributed by atoms with Crippen LogP contribution in [0.3, 0.4) is 0 Å². The van der Waals surface area contributed by atoms with E-state index in [1.165, 1.54) is 13.2 Å². The molecule has 0 saturated heterocycles. The van der Waals surface area contributed by atoms with Crippen LogP contribution in [0.15, 0.2) is 24.3 Å². The molecule has 0 amide bonds. The van der Waals surface area contributed by atoms with Gasteiger partial charge in [0.2, 0.25) is 5.88 Å². The van der Waals surface area contributed by atoms with E-state index in [9.17, 15) is 5.11 Å². The summed E-state index contributed by atoms with van der Waals surface area (Å²) in [7, 11) is 1.54. The van der Waals surface area contributed by atoms with E-state index in [0.29, 0.717) is 17.0 Å². The molecule has 0 aliphatic rings. The Kier molecular flexibility index (Phi) is 1.89. The third kappa shape index (κ3) is 1.31. The zero-order valence-corrected chi connectivity index (χ0v) is 7.69. The maximum atomic E-state index is 9.29. The Morgan fingerprint density at radius 1 is 1.36 bits per heavy atom. The van der Waals surface area contributed by atoms with Gasteiger partial charge in [0.25, 0.3) is 0 Å². The maximum absolute atomic E-state index is 9.29. The van der Waals surface area contributed by atoms with Gasteiger partial charge in [-0.05, 0) is 18.2 Å². The summed E-state index contributed by atoms with van der Waals surface area (Å²) in [5, 5.41) is 10.1. The zero-order valence-electron chi connectivity index (χ0n) is 7.69. The lowest BCUT2D eigenvalue weighted by molar-refractivity contribution is 0.408. The standard InChI is InChI=1S/C10H10N2O2/c1-14-9-5-10(13)12-8-3-2-6(11)4-7(8)9/h2-5H,11H2,1H3,(H,12,13). The van der Waals surface area contributed by atoms with Crippen molar-refractivity contribution in [1.82, 2.24) is 4.98 Å². The summed E-state index contributed by atoms with van der Waals surface area (Å²) in [6, 6.07) is 6.70. The van der Waals surface area contributed by atoms with Gasteiger partial charge in [-0.15, -0.1) is 0 Å². The quantitative estimate of drug-likeness (QED) is 0.669. The third-order valence-corrected chi connectivity index (χ3v) is 2.00. The number of aromatic hydroxyl groups is 1. The highest BCUT2D eigenvalue weighted by atomic mass is 16.5. The number of aromatic nitrogens is 1. The normalized spacial score (nSPS) is 10.4. The molecule has 2 aromatic rings. The van der Waals surface area contributed by atoms with Crippen molar-refractivity contribution in [1.29, 1.82) is 0 Å². The number of rotatable bonds is 1. The van der Waals surface area contributed by atoms with Crippen LogP contribution in [0.2, 0.25) is 0 Å². The molecule has 0 bridgehead atoms. The van der Waals surface area contributed by atoms with Gasteiger partial charge in [-0.25, -0.2) is 4.98 Å². The second-order valence-electron chi connectivity index (χ2n) is 2.96. The summed E-state index contributed by atoms with van der Waals surface area (Å²) in [6.45, 7) is 0. The molecule has 4 nitrogen and oxygen atoms in total. The van der Waals surface area contributed by atoms with Crippen LogP contribution in [0.5, 0.6) is 11.6 Å². The predicted octanol–water partition coefficient (Wildman–Crippen LogP) is 1.53. The van der Waals surface area contributed by atoms with Crippen molar-refractivity contribution in [3.05, 3.63) is 24.3 Å². The van der Waals surface area contributed by atoms with Crippen molar-refractivity contribution in [3.63, 3.8) is 0 Å². The molecule has 14 heavy (non-hydrogen) atoms. The van der Waals surface area contributed by atoms with Crippen LogP contribution >= 0.6 is 0 Å². The molecule has 1 heterocycles. The molecule has 0 spiro atoms. The lowest BCUT2D eigenvalue weighted by Gasteiger charge is -2.05. The minimum Gasteiger partial charge on any atom is -0.496 e. The number of anilines is 1. The van der Waals surface area contributed by atoms with Crippen molar-refractivity contribution >= 4 is 16.6 Å². The number of fused-ring (bicyclic) bond motifs is 1. The predicted molar refractivity (Wildman–Crippen MR) is 54.4 cm³/mol. The first-order valence-corrected chi connectivity index (χ1v) is 4.14. The second kappa shape index (κ2) is 3.06. The van der Waals surface area contributed by atoms with Crippen molar-refractivity contribution in [2.75, 3.05) is 12.8 Å². The molecule has 1 aromatic heterocycles. The highest BCUT2D eigenvalue weighted by Gasteiger charge is 2.05. The van der Waals surface area contributed by atoms with E-state index in [1.54, 1.807) is 18.2 Å². The van der Waals surface area contributed by atoms with Gasteiger partial charge < -0.3 is 15.6 Å². The summed E-state index contributed by atoms with van der Waals surface area (Å²) in [5.41, 5.74) is 6.94. The molecule has 2 rings (SSSR count). The van der Waals surface area contributed by atoms with Crippen molar-refractivity contribution in [2.24, 2.45) is 0 Å². The lowest BCUT2D eigenvalue weighted by Crippen LogP contribution is -1.90. The molecule has 0 aliphatic heterocycles. The Balaban J connectivity index is 2.81. The number of hydrogen-bond acceptors (Lipinski definition) is 4. The van der Waals surface area contributed by atoms with Gasteiger partial charge in [-0.2, -0.15) is 0 Å². The molecule has 0 unspecified atom stereocenters. The summed E-state index contributed by atoms with van der Waals surface area (Å²) in [5.74, 6) is 0.513.